The number of hydrogen-bond acceptors (Lipinski definition) is 4. The summed E-state index contributed by atoms with van der Waals surface area (Å²) in [5.74, 6) is 1.39. The lowest BCUT2D eigenvalue weighted by Gasteiger charge is -2.32. The first-order valence-corrected chi connectivity index (χ1v) is 6.52. The molecule has 1 aromatic carbocycles. The molecule has 0 saturated carbocycles. The molecule has 0 aromatic heterocycles. The van der Waals surface area contributed by atoms with Crippen molar-refractivity contribution in [3.05, 3.63) is 23.8 Å². The molecule has 1 fully saturated rings. The molecule has 0 bridgehead atoms. The molecule has 1 aromatic rings. The normalized spacial score (nSPS) is 20.9. The summed E-state index contributed by atoms with van der Waals surface area (Å²) in [4.78, 5) is 2.36. The zero-order valence-corrected chi connectivity index (χ0v) is 10.9. The molecule has 1 heterocycles. The van der Waals surface area contributed by atoms with Gasteiger partial charge >= 0.3 is 0 Å². The molecule has 1 unspecified atom stereocenters. The second-order valence-corrected chi connectivity index (χ2v) is 4.95. The lowest BCUT2D eigenvalue weighted by Crippen LogP contribution is -2.37. The summed E-state index contributed by atoms with van der Waals surface area (Å²) >= 11 is 0. The number of phenols is 1. The third-order valence-corrected chi connectivity index (χ3v) is 3.63. The molecule has 1 atom stereocenters. The maximum Gasteiger partial charge on any atom is 0.162 e. The van der Waals surface area contributed by atoms with Gasteiger partial charge in [0.1, 0.15) is 0 Å². The maximum atomic E-state index is 10.1. The smallest absolute Gasteiger partial charge is 0.162 e. The van der Waals surface area contributed by atoms with Crippen LogP contribution in [-0.4, -0.2) is 36.8 Å². The van der Waals surface area contributed by atoms with E-state index in [0.717, 1.165) is 31.7 Å². The van der Waals surface area contributed by atoms with Crippen molar-refractivity contribution in [2.24, 2.45) is 11.7 Å². The van der Waals surface area contributed by atoms with Crippen LogP contribution >= 0.6 is 0 Å². The van der Waals surface area contributed by atoms with Crippen LogP contribution in [0.15, 0.2) is 18.2 Å². The Labute approximate surface area is 108 Å². The minimum atomic E-state index is 0.259. The van der Waals surface area contributed by atoms with Gasteiger partial charge in [-0.15, -0.1) is 0 Å². The van der Waals surface area contributed by atoms with Crippen LogP contribution in [0.4, 0.5) is 0 Å². The summed E-state index contributed by atoms with van der Waals surface area (Å²) in [7, 11) is 1.57. The first-order chi connectivity index (χ1) is 8.74. The van der Waals surface area contributed by atoms with Crippen molar-refractivity contribution < 1.29 is 9.84 Å². The predicted octanol–water partition coefficient (Wildman–Crippen LogP) is 1.57. The second-order valence-electron chi connectivity index (χ2n) is 4.95. The van der Waals surface area contributed by atoms with Gasteiger partial charge in [-0.1, -0.05) is 12.1 Å². The van der Waals surface area contributed by atoms with E-state index in [2.05, 4.69) is 4.90 Å². The summed E-state index contributed by atoms with van der Waals surface area (Å²) in [6.07, 6.45) is 2.41. The molecule has 100 valence electrons. The van der Waals surface area contributed by atoms with Gasteiger partial charge in [0.05, 0.1) is 7.11 Å². The Balaban J connectivity index is 2.04. The van der Waals surface area contributed by atoms with Gasteiger partial charge in [-0.05, 0) is 37.9 Å². The fraction of sp³-hybridized carbons (Fsp3) is 0.571. The van der Waals surface area contributed by atoms with E-state index in [4.69, 9.17) is 10.5 Å². The molecule has 1 saturated heterocycles. The summed E-state index contributed by atoms with van der Waals surface area (Å²) in [5.41, 5.74) is 6.66. The molecular weight excluding hydrogens is 228 g/mol. The highest BCUT2D eigenvalue weighted by atomic mass is 16.5. The summed E-state index contributed by atoms with van der Waals surface area (Å²) in [6.45, 7) is 3.61. The van der Waals surface area contributed by atoms with Crippen LogP contribution < -0.4 is 10.5 Å². The van der Waals surface area contributed by atoms with Crippen LogP contribution in [0.1, 0.15) is 18.4 Å². The van der Waals surface area contributed by atoms with E-state index in [9.17, 15) is 5.11 Å². The first kappa shape index (κ1) is 13.2. The van der Waals surface area contributed by atoms with E-state index in [1.807, 2.05) is 12.1 Å². The van der Waals surface area contributed by atoms with Crippen molar-refractivity contribution >= 4 is 0 Å². The molecular formula is C14H22N2O2. The fourth-order valence-corrected chi connectivity index (χ4v) is 2.59. The lowest BCUT2D eigenvalue weighted by molar-refractivity contribution is 0.169. The summed E-state index contributed by atoms with van der Waals surface area (Å²) in [5, 5.41) is 10.1. The zero-order valence-electron chi connectivity index (χ0n) is 10.9. The number of hydrogen-bond donors (Lipinski definition) is 2. The Morgan fingerprint density at radius 2 is 2.33 bits per heavy atom. The van der Waals surface area contributed by atoms with Crippen molar-refractivity contribution in [3.8, 4) is 11.5 Å². The highest BCUT2D eigenvalue weighted by molar-refractivity contribution is 5.45. The molecule has 0 spiro atoms. The van der Waals surface area contributed by atoms with Crippen LogP contribution in [0.25, 0.3) is 0 Å². The van der Waals surface area contributed by atoms with Crippen molar-refractivity contribution in [2.45, 2.75) is 19.4 Å². The summed E-state index contributed by atoms with van der Waals surface area (Å²) in [6, 6.07) is 5.64. The van der Waals surface area contributed by atoms with E-state index in [1.54, 1.807) is 13.2 Å². The van der Waals surface area contributed by atoms with Gasteiger partial charge in [-0.3, -0.25) is 4.90 Å². The molecule has 0 amide bonds. The van der Waals surface area contributed by atoms with Gasteiger partial charge in [-0.2, -0.15) is 0 Å². The number of likely N-dealkylation sites (tertiary alicyclic amines) is 1. The Hall–Kier alpha value is -1.26. The standard InChI is InChI=1S/C14H22N2O2/c1-18-13-6-2-5-12(14(13)17)10-16-7-3-4-11(8-15)9-16/h2,5-6,11,17H,3-4,7-10,15H2,1H3. The van der Waals surface area contributed by atoms with E-state index >= 15 is 0 Å². The Morgan fingerprint density at radius 3 is 3.06 bits per heavy atom. The maximum absolute atomic E-state index is 10.1. The SMILES string of the molecule is COc1cccc(CN2CCCC(CN)C2)c1O. The van der Waals surface area contributed by atoms with Gasteiger partial charge in [-0.25, -0.2) is 0 Å². The highest BCUT2D eigenvalue weighted by Gasteiger charge is 2.20. The second kappa shape index (κ2) is 6.07. The third kappa shape index (κ3) is 2.94. The minimum Gasteiger partial charge on any atom is -0.504 e. The van der Waals surface area contributed by atoms with Crippen LogP contribution in [0.2, 0.25) is 0 Å². The van der Waals surface area contributed by atoms with Crippen molar-refractivity contribution in [2.75, 3.05) is 26.7 Å². The number of methoxy groups -OCH3 is 1. The first-order valence-electron chi connectivity index (χ1n) is 6.52. The molecule has 4 nitrogen and oxygen atoms in total. The van der Waals surface area contributed by atoms with Crippen LogP contribution in [0, 0.1) is 5.92 Å². The van der Waals surface area contributed by atoms with Gasteiger partial charge in [0.15, 0.2) is 11.5 Å². The molecule has 1 aliphatic rings. The minimum absolute atomic E-state index is 0.259. The largest absolute Gasteiger partial charge is 0.504 e. The quantitative estimate of drug-likeness (QED) is 0.851. The van der Waals surface area contributed by atoms with E-state index in [0.29, 0.717) is 11.7 Å². The molecule has 3 N–H and O–H groups in total. The average molecular weight is 250 g/mol. The van der Waals surface area contributed by atoms with Crippen LogP contribution in [-0.2, 0) is 6.54 Å². The molecule has 1 aliphatic heterocycles. The molecule has 4 heteroatoms. The number of ether oxygens (including phenoxy) is 1. The average Bonchev–Trinajstić information content (AvgIpc) is 2.41. The Morgan fingerprint density at radius 1 is 1.50 bits per heavy atom. The number of nitrogens with zero attached hydrogens (tertiary/aromatic N) is 1. The van der Waals surface area contributed by atoms with Crippen molar-refractivity contribution in [1.29, 1.82) is 0 Å². The lowest BCUT2D eigenvalue weighted by atomic mass is 9.98. The zero-order chi connectivity index (χ0) is 13.0. The number of phenolic OH excluding ortho intramolecular Hbond substituents is 1. The number of para-hydroxylation sites is 1. The van der Waals surface area contributed by atoms with E-state index in [1.165, 1.54) is 12.8 Å². The van der Waals surface area contributed by atoms with Gasteiger partial charge in [0.2, 0.25) is 0 Å². The highest BCUT2D eigenvalue weighted by Crippen LogP contribution is 2.31. The predicted molar refractivity (Wildman–Crippen MR) is 71.7 cm³/mol. The fourth-order valence-electron chi connectivity index (χ4n) is 2.59. The number of piperidine rings is 1. The van der Waals surface area contributed by atoms with E-state index in [-0.39, 0.29) is 5.75 Å². The monoisotopic (exact) mass is 250 g/mol. The number of aromatic hydroxyl groups is 1. The number of benzene rings is 1. The number of nitrogens with two attached hydrogens (primary N) is 1. The van der Waals surface area contributed by atoms with E-state index < -0.39 is 0 Å². The van der Waals surface area contributed by atoms with Gasteiger partial charge in [0, 0.05) is 18.7 Å². The van der Waals surface area contributed by atoms with Crippen LogP contribution in [0.5, 0.6) is 11.5 Å². The third-order valence-electron chi connectivity index (χ3n) is 3.63. The molecule has 0 radical (unpaired) electrons. The van der Waals surface area contributed by atoms with Gasteiger partial charge < -0.3 is 15.6 Å². The Bertz CT molecular complexity index is 395. The molecule has 2 rings (SSSR count). The molecule has 0 aliphatic carbocycles. The molecule has 18 heavy (non-hydrogen) atoms. The summed E-state index contributed by atoms with van der Waals surface area (Å²) < 4.78 is 5.13. The Kier molecular flexibility index (Phi) is 4.44. The van der Waals surface area contributed by atoms with Crippen molar-refractivity contribution in [3.63, 3.8) is 0 Å². The van der Waals surface area contributed by atoms with Crippen molar-refractivity contribution in [1.82, 2.24) is 4.90 Å². The topological polar surface area (TPSA) is 58.7 Å². The van der Waals surface area contributed by atoms with Gasteiger partial charge in [0.25, 0.3) is 0 Å². The van der Waals surface area contributed by atoms with Crippen LogP contribution in [0.3, 0.4) is 0 Å². The number of rotatable bonds is 4.